The molecule has 1 atom stereocenters. The van der Waals surface area contributed by atoms with Crippen LogP contribution in [0.3, 0.4) is 0 Å². The summed E-state index contributed by atoms with van der Waals surface area (Å²) in [6.07, 6.45) is 4.27. The normalized spacial score (nSPS) is 11.5. The molecule has 1 unspecified atom stereocenters. The number of hydrogen-bond acceptors (Lipinski definition) is 4. The van der Waals surface area contributed by atoms with Crippen LogP contribution in [-0.2, 0) is 0 Å². The van der Waals surface area contributed by atoms with Gasteiger partial charge in [-0.3, -0.25) is 9.78 Å². The fourth-order valence-corrected chi connectivity index (χ4v) is 2.46. The van der Waals surface area contributed by atoms with Gasteiger partial charge in [0.1, 0.15) is 11.5 Å². The van der Waals surface area contributed by atoms with Crippen LogP contribution < -0.4 is 15.4 Å². The molecular weight excluding hydrogens is 338 g/mol. The first-order chi connectivity index (χ1) is 13.1. The molecule has 138 valence electrons. The first kappa shape index (κ1) is 18.5. The fraction of sp³-hybridized carbons (Fsp3) is 0.182. The van der Waals surface area contributed by atoms with E-state index in [0.717, 1.165) is 17.9 Å². The molecule has 0 aliphatic carbocycles. The molecule has 0 saturated heterocycles. The van der Waals surface area contributed by atoms with E-state index in [-0.39, 0.29) is 5.91 Å². The first-order valence-electron chi connectivity index (χ1n) is 9.00. The highest BCUT2D eigenvalue weighted by atomic mass is 16.5. The van der Waals surface area contributed by atoms with E-state index >= 15 is 0 Å². The number of benzene rings is 2. The van der Waals surface area contributed by atoms with Crippen LogP contribution in [0, 0.1) is 0 Å². The summed E-state index contributed by atoms with van der Waals surface area (Å²) in [5.74, 6) is 1.28. The van der Waals surface area contributed by atoms with Crippen molar-refractivity contribution in [1.82, 2.24) is 4.98 Å². The Morgan fingerprint density at radius 1 is 1.00 bits per heavy atom. The van der Waals surface area contributed by atoms with Gasteiger partial charge in [-0.25, -0.2) is 0 Å². The van der Waals surface area contributed by atoms with Crippen LogP contribution >= 0.6 is 0 Å². The number of anilines is 2. The molecule has 0 saturated carbocycles. The second kappa shape index (κ2) is 8.85. The number of nitrogens with one attached hydrogen (secondary N) is 2. The van der Waals surface area contributed by atoms with Crippen molar-refractivity contribution in [2.75, 3.05) is 10.6 Å². The second-order valence-corrected chi connectivity index (χ2v) is 6.31. The molecule has 0 spiro atoms. The molecule has 0 bridgehead atoms. The van der Waals surface area contributed by atoms with E-state index in [1.54, 1.807) is 18.5 Å². The SMILES string of the molecule is CCC(C)Nc1cncc(C(=O)Nc2ccc(Oc3ccccc3)cc2)c1. The zero-order valence-corrected chi connectivity index (χ0v) is 15.5. The molecular formula is C22H23N3O2. The van der Waals surface area contributed by atoms with E-state index in [2.05, 4.69) is 29.5 Å². The predicted molar refractivity (Wildman–Crippen MR) is 109 cm³/mol. The summed E-state index contributed by atoms with van der Waals surface area (Å²) >= 11 is 0. The molecule has 3 rings (SSSR count). The van der Waals surface area contributed by atoms with Crippen molar-refractivity contribution in [3.63, 3.8) is 0 Å². The van der Waals surface area contributed by atoms with Gasteiger partial charge in [0.25, 0.3) is 5.91 Å². The molecule has 2 N–H and O–H groups in total. The Labute approximate surface area is 159 Å². The van der Waals surface area contributed by atoms with Crippen LogP contribution in [0.5, 0.6) is 11.5 Å². The predicted octanol–water partition coefficient (Wildman–Crippen LogP) is 5.34. The summed E-state index contributed by atoms with van der Waals surface area (Å²) in [4.78, 5) is 16.6. The van der Waals surface area contributed by atoms with Crippen LogP contribution in [0.25, 0.3) is 0 Å². The minimum atomic E-state index is -0.202. The van der Waals surface area contributed by atoms with E-state index in [1.165, 1.54) is 0 Å². The van der Waals surface area contributed by atoms with Gasteiger partial charge in [-0.05, 0) is 55.8 Å². The maximum absolute atomic E-state index is 12.5. The lowest BCUT2D eigenvalue weighted by molar-refractivity contribution is 0.102. The van der Waals surface area contributed by atoms with Crippen LogP contribution in [0.2, 0.25) is 0 Å². The summed E-state index contributed by atoms with van der Waals surface area (Å²) in [5, 5.41) is 6.20. The highest BCUT2D eigenvalue weighted by Gasteiger charge is 2.09. The largest absolute Gasteiger partial charge is 0.457 e. The molecule has 5 heteroatoms. The third-order valence-electron chi connectivity index (χ3n) is 4.12. The average molecular weight is 361 g/mol. The Hall–Kier alpha value is -3.34. The summed E-state index contributed by atoms with van der Waals surface area (Å²) < 4.78 is 5.76. The molecule has 1 amide bonds. The third-order valence-corrected chi connectivity index (χ3v) is 4.12. The number of amides is 1. The number of carbonyl (C=O) groups is 1. The Morgan fingerprint density at radius 2 is 1.70 bits per heavy atom. The maximum Gasteiger partial charge on any atom is 0.257 e. The third kappa shape index (κ3) is 5.31. The highest BCUT2D eigenvalue weighted by Crippen LogP contribution is 2.23. The highest BCUT2D eigenvalue weighted by molar-refractivity contribution is 6.04. The molecule has 1 heterocycles. The minimum Gasteiger partial charge on any atom is -0.457 e. The van der Waals surface area contributed by atoms with Crippen molar-refractivity contribution in [1.29, 1.82) is 0 Å². The summed E-state index contributed by atoms with van der Waals surface area (Å²) in [6.45, 7) is 4.19. The smallest absolute Gasteiger partial charge is 0.257 e. The number of nitrogens with zero attached hydrogens (tertiary/aromatic N) is 1. The van der Waals surface area contributed by atoms with Gasteiger partial charge in [0, 0.05) is 24.1 Å². The van der Waals surface area contributed by atoms with Crippen molar-refractivity contribution >= 4 is 17.3 Å². The molecule has 0 aliphatic heterocycles. The Balaban J connectivity index is 1.63. The molecule has 2 aromatic carbocycles. The van der Waals surface area contributed by atoms with Crippen LogP contribution in [-0.4, -0.2) is 16.9 Å². The van der Waals surface area contributed by atoms with Crippen molar-refractivity contribution in [3.8, 4) is 11.5 Å². The van der Waals surface area contributed by atoms with Crippen LogP contribution in [0.1, 0.15) is 30.6 Å². The van der Waals surface area contributed by atoms with Gasteiger partial charge in [-0.1, -0.05) is 25.1 Å². The number of rotatable bonds is 7. The quantitative estimate of drug-likeness (QED) is 0.596. The average Bonchev–Trinajstić information content (AvgIpc) is 2.70. The maximum atomic E-state index is 12.5. The number of para-hydroxylation sites is 1. The number of hydrogen-bond donors (Lipinski definition) is 2. The second-order valence-electron chi connectivity index (χ2n) is 6.31. The summed E-state index contributed by atoms with van der Waals surface area (Å²) in [7, 11) is 0. The number of aromatic nitrogens is 1. The number of ether oxygens (including phenoxy) is 1. The van der Waals surface area contributed by atoms with Crippen molar-refractivity contribution in [3.05, 3.63) is 78.6 Å². The van der Waals surface area contributed by atoms with Gasteiger partial charge in [0.05, 0.1) is 11.3 Å². The van der Waals surface area contributed by atoms with Crippen LogP contribution in [0.4, 0.5) is 11.4 Å². The zero-order chi connectivity index (χ0) is 19.1. The number of carbonyl (C=O) groups excluding carboxylic acids is 1. The molecule has 27 heavy (non-hydrogen) atoms. The molecule has 0 radical (unpaired) electrons. The van der Waals surface area contributed by atoms with Gasteiger partial charge in [-0.2, -0.15) is 0 Å². The molecule has 5 nitrogen and oxygen atoms in total. The molecule has 3 aromatic rings. The standard InChI is InChI=1S/C22H23N3O2/c1-3-16(2)24-19-13-17(14-23-15-19)22(26)25-18-9-11-21(12-10-18)27-20-7-5-4-6-8-20/h4-16,24H,3H2,1-2H3,(H,25,26). The van der Waals surface area contributed by atoms with Gasteiger partial charge in [-0.15, -0.1) is 0 Å². The van der Waals surface area contributed by atoms with Crippen LogP contribution in [0.15, 0.2) is 73.1 Å². The van der Waals surface area contributed by atoms with Gasteiger partial charge >= 0.3 is 0 Å². The van der Waals surface area contributed by atoms with Crippen molar-refractivity contribution < 1.29 is 9.53 Å². The topological polar surface area (TPSA) is 63.2 Å². The molecule has 0 aliphatic rings. The first-order valence-corrected chi connectivity index (χ1v) is 9.00. The summed E-state index contributed by atoms with van der Waals surface area (Å²) in [6, 6.07) is 19.0. The van der Waals surface area contributed by atoms with Gasteiger partial charge < -0.3 is 15.4 Å². The minimum absolute atomic E-state index is 0.202. The van der Waals surface area contributed by atoms with E-state index in [0.29, 0.717) is 23.0 Å². The lowest BCUT2D eigenvalue weighted by Gasteiger charge is -2.13. The molecule has 1 aromatic heterocycles. The monoisotopic (exact) mass is 361 g/mol. The Bertz CT molecular complexity index is 880. The van der Waals surface area contributed by atoms with E-state index in [1.807, 2.05) is 54.6 Å². The van der Waals surface area contributed by atoms with E-state index in [4.69, 9.17) is 4.74 Å². The number of pyridine rings is 1. The summed E-state index contributed by atoms with van der Waals surface area (Å²) in [5.41, 5.74) is 2.04. The molecule has 0 fully saturated rings. The Morgan fingerprint density at radius 3 is 2.41 bits per heavy atom. The Kier molecular flexibility index (Phi) is 6.05. The van der Waals surface area contributed by atoms with E-state index in [9.17, 15) is 4.79 Å². The van der Waals surface area contributed by atoms with E-state index < -0.39 is 0 Å². The van der Waals surface area contributed by atoms with Gasteiger partial charge in [0.15, 0.2) is 0 Å². The van der Waals surface area contributed by atoms with Crippen molar-refractivity contribution in [2.24, 2.45) is 0 Å². The van der Waals surface area contributed by atoms with Gasteiger partial charge in [0.2, 0.25) is 0 Å². The van der Waals surface area contributed by atoms with Crippen molar-refractivity contribution in [2.45, 2.75) is 26.3 Å². The zero-order valence-electron chi connectivity index (χ0n) is 15.5. The lowest BCUT2D eigenvalue weighted by Crippen LogP contribution is -2.16. The fourth-order valence-electron chi connectivity index (χ4n) is 2.46. The lowest BCUT2D eigenvalue weighted by atomic mass is 10.2.